The average Bonchev–Trinajstić information content (AvgIpc) is 2.92. The molecule has 4 rings (SSSR count). The maximum Gasteiger partial charge on any atom is 0.249 e. The summed E-state index contributed by atoms with van der Waals surface area (Å²) in [5.74, 6) is -0.230. The molecule has 6 nitrogen and oxygen atoms in total. The van der Waals surface area contributed by atoms with Crippen molar-refractivity contribution in [1.29, 1.82) is 0 Å². The first-order valence-corrected chi connectivity index (χ1v) is 10.6. The van der Waals surface area contributed by atoms with Crippen molar-refractivity contribution in [3.05, 3.63) is 71.8 Å². The molecule has 0 saturated carbocycles. The van der Waals surface area contributed by atoms with Gasteiger partial charge >= 0.3 is 0 Å². The number of likely N-dealkylation sites (N-methyl/N-ethyl adjacent to an activating group) is 1. The van der Waals surface area contributed by atoms with Gasteiger partial charge in [0, 0.05) is 11.3 Å². The smallest absolute Gasteiger partial charge is 0.249 e. The highest BCUT2D eigenvalue weighted by molar-refractivity contribution is 6.01. The average molecular weight is 454 g/mol. The van der Waals surface area contributed by atoms with E-state index in [4.69, 9.17) is 0 Å². The van der Waals surface area contributed by atoms with Crippen LogP contribution in [-0.4, -0.2) is 36.1 Å². The number of phenols is 1. The van der Waals surface area contributed by atoms with Gasteiger partial charge in [0.05, 0.1) is 12.6 Å². The molecule has 3 aromatic rings. The number of nitrogens with one attached hydrogen (secondary N) is 2. The van der Waals surface area contributed by atoms with Crippen molar-refractivity contribution in [2.24, 2.45) is 0 Å². The first-order valence-electron chi connectivity index (χ1n) is 10.6. The number of nitrogens with zero attached hydrogens (tertiary/aromatic N) is 1. The molecule has 0 fully saturated rings. The summed E-state index contributed by atoms with van der Waals surface area (Å²) in [4.78, 5) is 27.8. The second-order valence-corrected chi connectivity index (χ2v) is 7.95. The van der Waals surface area contributed by atoms with Crippen LogP contribution in [0, 0.1) is 0 Å². The molecule has 32 heavy (non-hydrogen) atoms. The normalized spacial score (nSPS) is 16.6. The second kappa shape index (κ2) is 10.0. The lowest BCUT2D eigenvalue weighted by atomic mass is 10.0. The molecule has 2 atom stereocenters. The van der Waals surface area contributed by atoms with Crippen molar-refractivity contribution in [2.75, 3.05) is 11.9 Å². The predicted octanol–water partition coefficient (Wildman–Crippen LogP) is 3.54. The zero-order chi connectivity index (χ0) is 22.0. The highest BCUT2D eigenvalue weighted by Gasteiger charge is 2.32. The van der Waals surface area contributed by atoms with E-state index in [2.05, 4.69) is 10.6 Å². The molecule has 3 N–H and O–H groups in total. The fraction of sp³-hybridized carbons (Fsp3) is 0.280. The van der Waals surface area contributed by atoms with E-state index in [0.29, 0.717) is 18.4 Å². The Labute approximate surface area is 194 Å². The number of carbonyl (C=O) groups excluding carboxylic acids is 2. The lowest BCUT2D eigenvalue weighted by Crippen LogP contribution is -2.52. The van der Waals surface area contributed by atoms with Crippen molar-refractivity contribution >= 4 is 40.7 Å². The Hall–Kier alpha value is -3.09. The molecule has 2 unspecified atom stereocenters. The Balaban J connectivity index is 0.00000289. The number of halogens is 1. The Morgan fingerprint density at radius 1 is 1.12 bits per heavy atom. The van der Waals surface area contributed by atoms with Gasteiger partial charge in [-0.1, -0.05) is 48.5 Å². The molecule has 0 bridgehead atoms. The monoisotopic (exact) mass is 453 g/mol. The van der Waals surface area contributed by atoms with Crippen molar-refractivity contribution in [3.63, 3.8) is 0 Å². The number of amides is 2. The summed E-state index contributed by atoms with van der Waals surface area (Å²) in [5.41, 5.74) is 2.56. The van der Waals surface area contributed by atoms with Crippen LogP contribution in [-0.2, 0) is 22.6 Å². The fourth-order valence-corrected chi connectivity index (χ4v) is 4.09. The number of para-hydroxylation sites is 1. The second-order valence-electron chi connectivity index (χ2n) is 7.95. The lowest BCUT2D eigenvalue weighted by molar-refractivity contribution is -0.128. The molecule has 1 heterocycles. The van der Waals surface area contributed by atoms with Gasteiger partial charge in [-0.2, -0.15) is 0 Å². The van der Waals surface area contributed by atoms with Gasteiger partial charge in [-0.3, -0.25) is 9.59 Å². The summed E-state index contributed by atoms with van der Waals surface area (Å²) >= 11 is 0. The van der Waals surface area contributed by atoms with Crippen LogP contribution in [0.15, 0.2) is 60.7 Å². The summed E-state index contributed by atoms with van der Waals surface area (Å²) in [7, 11) is 1.71. The van der Waals surface area contributed by atoms with Gasteiger partial charge in [0.1, 0.15) is 11.8 Å². The summed E-state index contributed by atoms with van der Waals surface area (Å²) in [5, 5.41) is 18.4. The number of hydrogen-bond acceptors (Lipinski definition) is 4. The van der Waals surface area contributed by atoms with Crippen LogP contribution in [0.1, 0.15) is 24.5 Å². The molecule has 0 spiro atoms. The molecule has 2 amide bonds. The van der Waals surface area contributed by atoms with Gasteiger partial charge in [-0.25, -0.2) is 0 Å². The third-order valence-electron chi connectivity index (χ3n) is 6.02. The van der Waals surface area contributed by atoms with Gasteiger partial charge in [-0.15, -0.1) is 12.4 Å². The number of carbonyl (C=O) groups is 2. The van der Waals surface area contributed by atoms with E-state index in [-0.39, 0.29) is 36.5 Å². The van der Waals surface area contributed by atoms with Crippen LogP contribution in [0.5, 0.6) is 5.75 Å². The maximum absolute atomic E-state index is 13.6. The number of anilines is 1. The van der Waals surface area contributed by atoms with Gasteiger partial charge < -0.3 is 20.6 Å². The summed E-state index contributed by atoms with van der Waals surface area (Å²) in [6.45, 7) is 1.98. The summed E-state index contributed by atoms with van der Waals surface area (Å²) < 4.78 is 0. The van der Waals surface area contributed by atoms with E-state index >= 15 is 0 Å². The molecule has 0 aromatic heterocycles. The molecular formula is C25H28ClN3O3. The topological polar surface area (TPSA) is 81.7 Å². The molecule has 0 saturated heterocycles. The van der Waals surface area contributed by atoms with Crippen molar-refractivity contribution in [3.8, 4) is 5.75 Å². The summed E-state index contributed by atoms with van der Waals surface area (Å²) in [6.07, 6.45) is 1.20. The summed E-state index contributed by atoms with van der Waals surface area (Å²) in [6, 6.07) is 18.1. The van der Waals surface area contributed by atoms with E-state index in [1.165, 1.54) is 0 Å². The Morgan fingerprint density at radius 3 is 2.62 bits per heavy atom. The van der Waals surface area contributed by atoms with Crippen molar-refractivity contribution in [1.82, 2.24) is 10.6 Å². The molecule has 7 heteroatoms. The van der Waals surface area contributed by atoms with Crippen LogP contribution < -0.4 is 15.5 Å². The Morgan fingerprint density at radius 2 is 1.84 bits per heavy atom. The largest absolute Gasteiger partial charge is 0.508 e. The quantitative estimate of drug-likeness (QED) is 0.552. The maximum atomic E-state index is 13.6. The molecule has 1 aliphatic rings. The predicted molar refractivity (Wildman–Crippen MR) is 129 cm³/mol. The highest BCUT2D eigenvalue weighted by Crippen LogP contribution is 2.33. The van der Waals surface area contributed by atoms with Crippen LogP contribution >= 0.6 is 12.4 Å². The van der Waals surface area contributed by atoms with E-state index < -0.39 is 12.1 Å². The Bertz CT molecular complexity index is 1130. The molecule has 1 aliphatic heterocycles. The van der Waals surface area contributed by atoms with Gasteiger partial charge in [-0.05, 0) is 55.3 Å². The molecule has 168 valence electrons. The lowest BCUT2D eigenvalue weighted by Gasteiger charge is -2.27. The van der Waals surface area contributed by atoms with Gasteiger partial charge in [0.25, 0.3) is 0 Å². The number of aryl methyl sites for hydroxylation is 1. The Kier molecular flexibility index (Phi) is 7.38. The first-order chi connectivity index (χ1) is 15.0. The minimum Gasteiger partial charge on any atom is -0.508 e. The zero-order valence-corrected chi connectivity index (χ0v) is 19.0. The van der Waals surface area contributed by atoms with Gasteiger partial charge in [0.2, 0.25) is 11.8 Å². The molecule has 0 aliphatic carbocycles. The number of benzene rings is 3. The van der Waals surface area contributed by atoms with Crippen LogP contribution in [0.2, 0.25) is 0 Å². The van der Waals surface area contributed by atoms with Crippen LogP contribution in [0.4, 0.5) is 5.69 Å². The van der Waals surface area contributed by atoms with E-state index in [0.717, 1.165) is 22.0 Å². The minimum atomic E-state index is -0.632. The van der Waals surface area contributed by atoms with Crippen molar-refractivity contribution < 1.29 is 14.7 Å². The zero-order valence-electron chi connectivity index (χ0n) is 18.2. The molecular weight excluding hydrogens is 426 g/mol. The van der Waals surface area contributed by atoms with E-state index in [1.807, 2.05) is 54.6 Å². The SMILES string of the molecule is CNC(C)C(=O)NC1CCc2ccccc2N(Cc2c(O)ccc3ccccc23)C1=O.Cl. The van der Waals surface area contributed by atoms with Crippen LogP contribution in [0.25, 0.3) is 10.8 Å². The first kappa shape index (κ1) is 23.6. The van der Waals surface area contributed by atoms with E-state index in [9.17, 15) is 14.7 Å². The number of fused-ring (bicyclic) bond motifs is 2. The number of rotatable bonds is 5. The van der Waals surface area contributed by atoms with Crippen LogP contribution in [0.3, 0.4) is 0 Å². The van der Waals surface area contributed by atoms with Gasteiger partial charge in [0.15, 0.2) is 0 Å². The minimum absolute atomic E-state index is 0. The number of phenolic OH excluding ortho intramolecular Hbond substituents is 1. The van der Waals surface area contributed by atoms with Crippen molar-refractivity contribution in [2.45, 2.75) is 38.4 Å². The van der Waals surface area contributed by atoms with E-state index in [1.54, 1.807) is 24.9 Å². The standard InChI is InChI=1S/C25H27N3O3.ClH/c1-16(26-2)24(30)27-21-13-11-18-8-4-6-10-22(18)28(25(21)31)15-20-19-9-5-3-7-17(19)12-14-23(20)29;/h3-10,12,14,16,21,26,29H,11,13,15H2,1-2H3,(H,27,30);1H. The highest BCUT2D eigenvalue weighted by atomic mass is 35.5. The molecule has 3 aromatic carbocycles. The third-order valence-corrected chi connectivity index (χ3v) is 6.02. The number of hydrogen-bond donors (Lipinski definition) is 3. The third kappa shape index (κ3) is 4.56. The number of aromatic hydroxyl groups is 1. The fourth-order valence-electron chi connectivity index (χ4n) is 4.09. The molecule has 0 radical (unpaired) electrons.